The molecule has 0 radical (unpaired) electrons. The van der Waals surface area contributed by atoms with E-state index in [2.05, 4.69) is 28.1 Å². The first-order chi connectivity index (χ1) is 8.84. The van der Waals surface area contributed by atoms with E-state index in [9.17, 15) is 4.79 Å². The first-order valence-corrected chi connectivity index (χ1v) is 6.43. The van der Waals surface area contributed by atoms with E-state index in [0.29, 0.717) is 0 Å². The molecule has 2 aliphatic rings. The van der Waals surface area contributed by atoms with Crippen molar-refractivity contribution in [3.63, 3.8) is 0 Å². The smallest absolute Gasteiger partial charge is 0.191 e. The highest BCUT2D eigenvalue weighted by molar-refractivity contribution is 5.73. The van der Waals surface area contributed by atoms with Gasteiger partial charge in [-0.2, -0.15) is 0 Å². The van der Waals surface area contributed by atoms with Crippen LogP contribution in [0.3, 0.4) is 0 Å². The number of benzene rings is 1. The number of anilines is 1. The fraction of sp³-hybridized carbons (Fsp3) is 0.267. The van der Waals surface area contributed by atoms with Crippen LogP contribution in [0.25, 0.3) is 11.1 Å². The third-order valence-corrected chi connectivity index (χ3v) is 3.98. The summed E-state index contributed by atoms with van der Waals surface area (Å²) >= 11 is 0. The number of hydrogen-bond acceptors (Lipinski definition) is 2. The Kier molecular flexibility index (Phi) is 1.92. The molecule has 2 aromatic rings. The summed E-state index contributed by atoms with van der Waals surface area (Å²) in [6.07, 6.45) is 2.00. The molecule has 2 heterocycles. The largest absolute Gasteiger partial charge is 0.370 e. The predicted octanol–water partition coefficient (Wildman–Crippen LogP) is 2.04. The fourth-order valence-electron chi connectivity index (χ4n) is 3.18. The molecule has 1 aliphatic carbocycles. The Morgan fingerprint density at radius 1 is 1.17 bits per heavy atom. The number of aromatic nitrogens is 1. The lowest BCUT2D eigenvalue weighted by Gasteiger charge is -2.22. The molecule has 0 saturated heterocycles. The lowest BCUT2D eigenvalue weighted by Crippen LogP contribution is -2.19. The van der Waals surface area contributed by atoms with Gasteiger partial charge in [0.15, 0.2) is 5.43 Å². The SMILES string of the molecule is O=c1cc2n(c3c1-c1ccccc1CC3)CCN2. The fourth-order valence-corrected chi connectivity index (χ4v) is 3.18. The Morgan fingerprint density at radius 2 is 2.06 bits per heavy atom. The molecule has 3 heteroatoms. The average Bonchev–Trinajstić information content (AvgIpc) is 2.86. The monoisotopic (exact) mass is 238 g/mol. The molecule has 90 valence electrons. The van der Waals surface area contributed by atoms with Crippen molar-refractivity contribution in [3.8, 4) is 11.1 Å². The third kappa shape index (κ3) is 1.22. The van der Waals surface area contributed by atoms with Crippen LogP contribution in [0.5, 0.6) is 0 Å². The van der Waals surface area contributed by atoms with Gasteiger partial charge in [-0.1, -0.05) is 24.3 Å². The molecule has 1 aromatic heterocycles. The van der Waals surface area contributed by atoms with Gasteiger partial charge in [-0.15, -0.1) is 0 Å². The van der Waals surface area contributed by atoms with E-state index in [1.807, 2.05) is 6.07 Å². The summed E-state index contributed by atoms with van der Waals surface area (Å²) in [7, 11) is 0. The minimum Gasteiger partial charge on any atom is -0.370 e. The Labute approximate surface area is 105 Å². The van der Waals surface area contributed by atoms with Crippen LogP contribution in [-0.2, 0) is 19.4 Å². The number of fused-ring (bicyclic) bond motifs is 5. The maximum Gasteiger partial charge on any atom is 0.191 e. The zero-order valence-electron chi connectivity index (χ0n) is 10.1. The maximum absolute atomic E-state index is 12.3. The van der Waals surface area contributed by atoms with Gasteiger partial charge in [0, 0.05) is 30.4 Å². The average molecular weight is 238 g/mol. The van der Waals surface area contributed by atoms with Gasteiger partial charge in [-0.3, -0.25) is 4.79 Å². The number of aryl methyl sites for hydroxylation is 1. The Bertz CT molecular complexity index is 700. The van der Waals surface area contributed by atoms with Crippen LogP contribution >= 0.6 is 0 Å². The summed E-state index contributed by atoms with van der Waals surface area (Å²) < 4.78 is 2.27. The number of rotatable bonds is 0. The van der Waals surface area contributed by atoms with Crippen molar-refractivity contribution in [3.05, 3.63) is 51.8 Å². The molecule has 0 amide bonds. The molecule has 4 rings (SSSR count). The van der Waals surface area contributed by atoms with Crippen molar-refractivity contribution in [1.82, 2.24) is 4.57 Å². The highest BCUT2D eigenvalue weighted by Gasteiger charge is 2.24. The summed E-state index contributed by atoms with van der Waals surface area (Å²) in [6.45, 7) is 1.90. The van der Waals surface area contributed by atoms with E-state index < -0.39 is 0 Å². The molecule has 1 aliphatic heterocycles. The summed E-state index contributed by atoms with van der Waals surface area (Å²) in [6, 6.07) is 10.0. The Balaban J connectivity index is 2.09. The summed E-state index contributed by atoms with van der Waals surface area (Å²) in [5.74, 6) is 0.984. The summed E-state index contributed by atoms with van der Waals surface area (Å²) in [5.41, 5.74) is 4.71. The van der Waals surface area contributed by atoms with Crippen molar-refractivity contribution < 1.29 is 0 Å². The zero-order valence-corrected chi connectivity index (χ0v) is 10.1. The lowest BCUT2D eigenvalue weighted by atomic mass is 9.88. The topological polar surface area (TPSA) is 34.0 Å². The van der Waals surface area contributed by atoms with Crippen LogP contribution in [0.4, 0.5) is 5.82 Å². The van der Waals surface area contributed by atoms with Gasteiger partial charge in [0.05, 0.1) is 0 Å². The second-order valence-corrected chi connectivity index (χ2v) is 4.95. The van der Waals surface area contributed by atoms with Crippen LogP contribution in [0, 0.1) is 0 Å². The highest BCUT2D eigenvalue weighted by atomic mass is 16.1. The van der Waals surface area contributed by atoms with Crippen LogP contribution in [-0.4, -0.2) is 11.1 Å². The third-order valence-electron chi connectivity index (χ3n) is 3.98. The van der Waals surface area contributed by atoms with E-state index in [1.165, 1.54) is 11.3 Å². The lowest BCUT2D eigenvalue weighted by molar-refractivity contribution is 0.722. The van der Waals surface area contributed by atoms with Gasteiger partial charge in [0.25, 0.3) is 0 Å². The summed E-state index contributed by atoms with van der Waals surface area (Å²) in [5, 5.41) is 3.28. The number of pyridine rings is 1. The van der Waals surface area contributed by atoms with Crippen LogP contribution < -0.4 is 10.7 Å². The van der Waals surface area contributed by atoms with Gasteiger partial charge in [0.2, 0.25) is 0 Å². The van der Waals surface area contributed by atoms with Gasteiger partial charge >= 0.3 is 0 Å². The molecule has 1 N–H and O–H groups in total. The molecule has 0 bridgehead atoms. The molecular formula is C15H14N2O. The van der Waals surface area contributed by atoms with E-state index in [4.69, 9.17) is 0 Å². The quantitative estimate of drug-likeness (QED) is 0.762. The minimum absolute atomic E-state index is 0.151. The Morgan fingerprint density at radius 3 is 3.00 bits per heavy atom. The molecule has 0 unspecified atom stereocenters. The van der Waals surface area contributed by atoms with Crippen LogP contribution in [0.15, 0.2) is 35.1 Å². The molecular weight excluding hydrogens is 224 g/mol. The zero-order chi connectivity index (χ0) is 12.1. The molecule has 18 heavy (non-hydrogen) atoms. The molecule has 0 fully saturated rings. The van der Waals surface area contributed by atoms with Crippen molar-refractivity contribution in [2.75, 3.05) is 11.9 Å². The van der Waals surface area contributed by atoms with Gasteiger partial charge in [-0.25, -0.2) is 0 Å². The first kappa shape index (κ1) is 9.95. The number of nitrogens with zero attached hydrogens (tertiary/aromatic N) is 1. The minimum atomic E-state index is 0.151. The van der Waals surface area contributed by atoms with Crippen molar-refractivity contribution in [2.45, 2.75) is 19.4 Å². The molecule has 0 saturated carbocycles. The van der Waals surface area contributed by atoms with Gasteiger partial charge in [-0.05, 0) is 24.0 Å². The van der Waals surface area contributed by atoms with Crippen LogP contribution in [0.1, 0.15) is 11.3 Å². The van der Waals surface area contributed by atoms with Crippen molar-refractivity contribution in [2.24, 2.45) is 0 Å². The standard InChI is InChI=1S/C15H14N2O/c18-13-9-14-16-7-8-17(14)12-6-5-10-3-1-2-4-11(10)15(12)13/h1-4,9,16H,5-8H2. The number of nitrogens with one attached hydrogen (secondary N) is 1. The second-order valence-electron chi connectivity index (χ2n) is 4.95. The van der Waals surface area contributed by atoms with E-state index >= 15 is 0 Å². The van der Waals surface area contributed by atoms with Crippen molar-refractivity contribution >= 4 is 5.82 Å². The van der Waals surface area contributed by atoms with E-state index in [-0.39, 0.29) is 5.43 Å². The molecule has 0 spiro atoms. The van der Waals surface area contributed by atoms with Gasteiger partial charge < -0.3 is 9.88 Å². The molecule has 3 nitrogen and oxygen atoms in total. The number of hydrogen-bond donors (Lipinski definition) is 1. The summed E-state index contributed by atoms with van der Waals surface area (Å²) in [4.78, 5) is 12.3. The van der Waals surface area contributed by atoms with E-state index in [1.54, 1.807) is 6.07 Å². The predicted molar refractivity (Wildman–Crippen MR) is 72.0 cm³/mol. The molecule has 1 aromatic carbocycles. The Hall–Kier alpha value is -2.03. The van der Waals surface area contributed by atoms with E-state index in [0.717, 1.165) is 42.9 Å². The molecule has 0 atom stereocenters. The van der Waals surface area contributed by atoms with Gasteiger partial charge in [0.1, 0.15) is 5.82 Å². The first-order valence-electron chi connectivity index (χ1n) is 6.43. The maximum atomic E-state index is 12.3. The normalized spacial score (nSPS) is 15.6. The highest BCUT2D eigenvalue weighted by Crippen LogP contribution is 2.33. The second kappa shape index (κ2) is 3.48. The van der Waals surface area contributed by atoms with Crippen molar-refractivity contribution in [1.29, 1.82) is 0 Å². The van der Waals surface area contributed by atoms with Crippen LogP contribution in [0.2, 0.25) is 0 Å².